The molecule has 0 saturated heterocycles. The highest BCUT2D eigenvalue weighted by molar-refractivity contribution is 6.34. The van der Waals surface area contributed by atoms with Gasteiger partial charge in [0.05, 0.1) is 28.8 Å². The van der Waals surface area contributed by atoms with E-state index in [1.54, 1.807) is 13.8 Å². The van der Waals surface area contributed by atoms with Gasteiger partial charge >= 0.3 is 12.4 Å². The van der Waals surface area contributed by atoms with Gasteiger partial charge in [-0.25, -0.2) is 13.5 Å². The minimum Gasteiger partial charge on any atom is -0.411 e. The molecular weight excluding hydrogens is 656 g/mol. The van der Waals surface area contributed by atoms with E-state index in [-0.39, 0.29) is 16.9 Å². The van der Waals surface area contributed by atoms with Gasteiger partial charge in [0.2, 0.25) is 5.78 Å². The van der Waals surface area contributed by atoms with Gasteiger partial charge in [0.25, 0.3) is 0 Å². The number of hydrogen-bond acceptors (Lipinski definition) is 6. The Balaban J connectivity index is 1.82. The van der Waals surface area contributed by atoms with Crippen molar-refractivity contribution in [2.75, 3.05) is 0 Å². The molecule has 0 spiro atoms. The summed E-state index contributed by atoms with van der Waals surface area (Å²) in [4.78, 5) is 14.0. The number of aromatic nitrogens is 4. The zero-order valence-electron chi connectivity index (χ0n) is 24.3. The van der Waals surface area contributed by atoms with E-state index in [9.17, 15) is 39.9 Å². The zero-order valence-corrected chi connectivity index (χ0v) is 26.5. The Morgan fingerprint density at radius 1 is 0.956 bits per heavy atom. The number of carbonyl (C=O) groups is 1. The van der Waals surface area contributed by atoms with Gasteiger partial charge in [-0.1, -0.05) is 48.8 Å². The Labute approximate surface area is 258 Å². The van der Waals surface area contributed by atoms with E-state index in [4.69, 9.17) is 20.6 Å². The number of rotatable bonds is 8. The van der Waals surface area contributed by atoms with Crippen LogP contribution in [0.4, 0.5) is 35.1 Å². The Hall–Kier alpha value is -3.63. The molecule has 0 atom stereocenters. The summed E-state index contributed by atoms with van der Waals surface area (Å²) in [7, 11) is -1.30. The summed E-state index contributed by atoms with van der Waals surface area (Å²) >= 11 is 6.34. The summed E-state index contributed by atoms with van der Waals surface area (Å²) in [5, 5.41) is 10.3. The van der Waals surface area contributed by atoms with Gasteiger partial charge in [0.1, 0.15) is 22.9 Å². The summed E-state index contributed by atoms with van der Waals surface area (Å²) in [5.74, 6) is -3.47. The first-order chi connectivity index (χ1) is 20.6. The number of alkyl halides is 6. The molecule has 0 N–H and O–H groups in total. The molecule has 0 bridgehead atoms. The lowest BCUT2D eigenvalue weighted by atomic mass is 9.94. The summed E-state index contributed by atoms with van der Waals surface area (Å²) in [6.07, 6.45) is -10.2. The van der Waals surface area contributed by atoms with Crippen LogP contribution in [-0.4, -0.2) is 35.7 Å². The van der Waals surface area contributed by atoms with E-state index in [0.29, 0.717) is 16.8 Å². The van der Waals surface area contributed by atoms with Crippen LogP contribution in [0.3, 0.4) is 0 Å². The van der Waals surface area contributed by atoms with Crippen LogP contribution < -0.4 is 0 Å². The number of halogens is 9. The normalized spacial score (nSPS) is 13.3. The average Bonchev–Trinajstić information content (AvgIpc) is 3.50. The Bertz CT molecular complexity index is 1690. The molecule has 242 valence electrons. The summed E-state index contributed by atoms with van der Waals surface area (Å²) in [6.45, 7) is 8.15. The lowest BCUT2D eigenvalue weighted by Gasteiger charge is -2.28. The maximum Gasteiger partial charge on any atom is 0.416 e. The second kappa shape index (κ2) is 11.9. The largest absolute Gasteiger partial charge is 0.416 e. The molecular formula is C28H25ClF8N4O3Si. The summed E-state index contributed by atoms with van der Waals surface area (Å²) in [5.41, 5.74) is -7.33. The van der Waals surface area contributed by atoms with E-state index in [0.717, 1.165) is 18.2 Å². The average molecular weight is 681 g/mol. The first-order valence-electron chi connectivity index (χ1n) is 13.1. The molecule has 0 radical (unpaired) electrons. The van der Waals surface area contributed by atoms with Crippen LogP contribution in [0.25, 0.3) is 11.3 Å². The van der Waals surface area contributed by atoms with Gasteiger partial charge in [-0.05, 0) is 54.8 Å². The highest BCUT2D eigenvalue weighted by atomic mass is 35.5. The second-order valence-electron chi connectivity index (χ2n) is 11.8. The van der Waals surface area contributed by atoms with Crippen molar-refractivity contribution in [3.05, 3.63) is 86.9 Å². The Morgan fingerprint density at radius 2 is 1.51 bits per heavy atom. The monoisotopic (exact) mass is 680 g/mol. The minimum atomic E-state index is -5.10. The number of carbonyl (C=O) groups excluding carboxylic acids is 1. The van der Waals surface area contributed by atoms with Crippen LogP contribution in [0.1, 0.15) is 73.1 Å². The predicted octanol–water partition coefficient (Wildman–Crippen LogP) is 7.74. The molecule has 0 aliphatic carbocycles. The van der Waals surface area contributed by atoms with Crippen LogP contribution in [0, 0.1) is 11.6 Å². The van der Waals surface area contributed by atoms with Crippen molar-refractivity contribution in [3.8, 4) is 11.3 Å². The van der Waals surface area contributed by atoms with Crippen molar-refractivity contribution in [3.63, 3.8) is 0 Å². The van der Waals surface area contributed by atoms with E-state index >= 15 is 0 Å². The molecule has 4 aromatic rings. The zero-order chi connectivity index (χ0) is 33.7. The minimum absolute atomic E-state index is 0.0372. The number of benzene rings is 2. The van der Waals surface area contributed by atoms with Crippen molar-refractivity contribution in [2.24, 2.45) is 0 Å². The molecule has 0 aliphatic rings. The molecule has 0 unspecified atom stereocenters. The molecule has 0 saturated carbocycles. The third-order valence-corrected chi connectivity index (χ3v) is 8.51. The molecule has 2 heterocycles. The molecule has 2 aromatic heterocycles. The van der Waals surface area contributed by atoms with Crippen LogP contribution in [0.2, 0.25) is 10.2 Å². The number of hydrogen-bond donors (Lipinski definition) is 0. The fourth-order valence-corrected chi connectivity index (χ4v) is 5.35. The first kappa shape index (κ1) is 34.2. The first-order valence-corrected chi connectivity index (χ1v) is 14.8. The van der Waals surface area contributed by atoms with E-state index in [2.05, 4.69) is 15.5 Å². The lowest BCUT2D eigenvalue weighted by molar-refractivity contribution is -0.143. The summed E-state index contributed by atoms with van der Waals surface area (Å²) < 4.78 is 122. The fraction of sp³-hybridized carbons (Fsp3) is 0.357. The molecule has 17 heteroatoms. The topological polar surface area (TPSA) is 83.0 Å². The number of ketones is 1. The maximum absolute atomic E-state index is 14.9. The van der Waals surface area contributed by atoms with Gasteiger partial charge in [-0.2, -0.15) is 26.3 Å². The lowest BCUT2D eigenvalue weighted by Crippen LogP contribution is -2.29. The van der Waals surface area contributed by atoms with Gasteiger partial charge in [0, 0.05) is 0 Å². The SMILES string of the molecule is CC(C)(C)[SiH2]OC(C)(C)c1onc(-c2c(F)cccc2F)c1C(=O)c1nnn(Cc2cc(C(F)(F)F)cc(C(F)(F)F)c2)c1Cl. The van der Waals surface area contributed by atoms with Crippen molar-refractivity contribution < 1.29 is 48.9 Å². The van der Waals surface area contributed by atoms with Crippen LogP contribution in [0.15, 0.2) is 40.9 Å². The van der Waals surface area contributed by atoms with E-state index in [1.807, 2.05) is 20.8 Å². The van der Waals surface area contributed by atoms with Gasteiger partial charge in [-0.15, -0.1) is 5.10 Å². The molecule has 45 heavy (non-hydrogen) atoms. The summed E-state index contributed by atoms with van der Waals surface area (Å²) in [6, 6.07) is 3.88. The van der Waals surface area contributed by atoms with E-state index < -0.39 is 96.0 Å². The van der Waals surface area contributed by atoms with E-state index in [1.165, 1.54) is 0 Å². The van der Waals surface area contributed by atoms with Crippen molar-refractivity contribution >= 4 is 27.1 Å². The fourth-order valence-electron chi connectivity index (χ4n) is 4.21. The third-order valence-electron chi connectivity index (χ3n) is 6.40. The molecule has 7 nitrogen and oxygen atoms in total. The van der Waals surface area contributed by atoms with Crippen LogP contribution in [0.5, 0.6) is 0 Å². The van der Waals surface area contributed by atoms with Crippen molar-refractivity contribution in [1.82, 2.24) is 20.2 Å². The van der Waals surface area contributed by atoms with Crippen molar-refractivity contribution in [1.29, 1.82) is 0 Å². The predicted molar refractivity (Wildman–Crippen MR) is 148 cm³/mol. The Morgan fingerprint density at radius 3 is 2.02 bits per heavy atom. The quantitative estimate of drug-likeness (QED) is 0.108. The maximum atomic E-state index is 14.9. The standard InChI is InChI=1S/C28H25ClF8N4O3Si/c1-25(2,3)45-44-26(4,5)23-19(20(39-43-23)18-16(30)7-6-8-17(18)31)22(42)21-24(29)41(40-38-21)12-13-9-14(27(32,33)34)11-15(10-13)28(35,36)37/h6-11H,12,45H2,1-5H3. The highest BCUT2D eigenvalue weighted by Crippen LogP contribution is 2.40. The molecule has 0 aliphatic heterocycles. The molecule has 0 amide bonds. The van der Waals surface area contributed by atoms with Gasteiger partial charge in [-0.3, -0.25) is 4.79 Å². The van der Waals surface area contributed by atoms with Crippen molar-refractivity contribution in [2.45, 2.75) is 64.2 Å². The van der Waals surface area contributed by atoms with Crippen LogP contribution in [-0.2, 0) is 28.9 Å². The Kier molecular flexibility index (Phi) is 9.09. The molecule has 4 rings (SSSR count). The third kappa shape index (κ3) is 7.44. The molecule has 0 fully saturated rings. The smallest absolute Gasteiger partial charge is 0.411 e. The van der Waals surface area contributed by atoms with Gasteiger partial charge < -0.3 is 8.95 Å². The van der Waals surface area contributed by atoms with Gasteiger partial charge in [0.15, 0.2) is 26.4 Å². The highest BCUT2D eigenvalue weighted by Gasteiger charge is 2.40. The molecule has 2 aromatic carbocycles. The van der Waals surface area contributed by atoms with Crippen LogP contribution >= 0.6 is 11.6 Å². The number of nitrogens with zero attached hydrogens (tertiary/aromatic N) is 4. The second-order valence-corrected chi connectivity index (χ2v) is 14.9.